The smallest absolute Gasteiger partial charge is 0 e. The molecular formula is C3H6B. The summed E-state index contributed by atoms with van der Waals surface area (Å²) in [5.41, 5.74) is 0. The predicted molar refractivity (Wildman–Crippen MR) is 21.6 cm³/mol. The van der Waals surface area contributed by atoms with Crippen LogP contribution in [0, 0.1) is 0 Å². The van der Waals surface area contributed by atoms with Crippen LogP contribution in [0.15, 0.2) is 12.7 Å². The Morgan fingerprint density at radius 3 is 1.75 bits per heavy atom. The van der Waals surface area contributed by atoms with Crippen molar-refractivity contribution in [3.8, 4) is 0 Å². The monoisotopic (exact) mass is 53.1 g/mol. The summed E-state index contributed by atoms with van der Waals surface area (Å²) in [5.74, 6) is 0. The minimum absolute atomic E-state index is 0. The first kappa shape index (κ1) is 9.19. The number of allylic oxidation sites excluding steroid dienone is 1. The molecule has 0 heterocycles. The summed E-state index contributed by atoms with van der Waals surface area (Å²) in [6.07, 6.45) is 1.75. The highest BCUT2D eigenvalue weighted by Gasteiger charge is 1.15. The minimum Gasteiger partial charge on any atom is -0.103 e. The zero-order chi connectivity index (χ0) is 2.71. The van der Waals surface area contributed by atoms with Crippen molar-refractivity contribution in [3.63, 3.8) is 0 Å². The maximum absolute atomic E-state index is 3.36. The van der Waals surface area contributed by atoms with Crippen molar-refractivity contribution in [1.82, 2.24) is 0 Å². The van der Waals surface area contributed by atoms with Gasteiger partial charge < -0.3 is 0 Å². The molecule has 0 amide bonds. The van der Waals surface area contributed by atoms with Gasteiger partial charge in [0.15, 0.2) is 0 Å². The van der Waals surface area contributed by atoms with E-state index in [-0.39, 0.29) is 8.41 Å². The lowest BCUT2D eigenvalue weighted by Crippen LogP contribution is -1.07. The summed E-state index contributed by atoms with van der Waals surface area (Å²) in [4.78, 5) is 0. The van der Waals surface area contributed by atoms with Crippen molar-refractivity contribution in [2.45, 2.75) is 6.92 Å². The topological polar surface area (TPSA) is 0 Å². The van der Waals surface area contributed by atoms with E-state index in [4.69, 9.17) is 0 Å². The summed E-state index contributed by atoms with van der Waals surface area (Å²) < 4.78 is 0. The van der Waals surface area contributed by atoms with Crippen LogP contribution in [0.2, 0.25) is 0 Å². The maximum Gasteiger partial charge on any atom is 0 e. The average Bonchev–Trinajstić information content (AvgIpc) is 0.918. The average molecular weight is 52.9 g/mol. The van der Waals surface area contributed by atoms with E-state index in [1.54, 1.807) is 6.08 Å². The van der Waals surface area contributed by atoms with Crippen LogP contribution in [0.5, 0.6) is 0 Å². The molecule has 0 aliphatic rings. The Kier molecular flexibility index (Phi) is 32.4. The Labute approximate surface area is 29.1 Å². The van der Waals surface area contributed by atoms with Gasteiger partial charge in [-0.3, -0.25) is 0 Å². The SMILES string of the molecule is C=CC.[B]. The second-order valence-corrected chi connectivity index (χ2v) is 0.408. The molecule has 0 spiro atoms. The number of hydrogen-bond donors (Lipinski definition) is 0. The Bertz CT molecular complexity index is 10.8. The lowest BCUT2D eigenvalue weighted by molar-refractivity contribution is 1.80. The number of rotatable bonds is 0. The molecule has 0 rings (SSSR count). The number of hydrogen-bond acceptors (Lipinski definition) is 0. The molecule has 0 aliphatic carbocycles. The normalized spacial score (nSPS) is 3.25. The predicted octanol–water partition coefficient (Wildman–Crippen LogP) is 0.811. The highest BCUT2D eigenvalue weighted by molar-refractivity contribution is 5.75. The van der Waals surface area contributed by atoms with Crippen LogP contribution in [0.3, 0.4) is 0 Å². The molecule has 21 valence electrons. The quantitative estimate of drug-likeness (QED) is 0.283. The molecule has 0 fully saturated rings. The second kappa shape index (κ2) is 14.1. The van der Waals surface area contributed by atoms with Gasteiger partial charge in [0.05, 0.1) is 0 Å². The van der Waals surface area contributed by atoms with Crippen molar-refractivity contribution in [3.05, 3.63) is 12.7 Å². The molecule has 0 aliphatic heterocycles. The summed E-state index contributed by atoms with van der Waals surface area (Å²) in [5, 5.41) is 0. The van der Waals surface area contributed by atoms with E-state index in [1.807, 2.05) is 6.92 Å². The van der Waals surface area contributed by atoms with Crippen LogP contribution in [0.1, 0.15) is 6.92 Å². The molecule has 0 aromatic carbocycles. The minimum atomic E-state index is 0. The first-order valence-corrected chi connectivity index (χ1v) is 0.986. The van der Waals surface area contributed by atoms with Crippen molar-refractivity contribution in [2.24, 2.45) is 0 Å². The lowest BCUT2D eigenvalue weighted by Gasteiger charge is -1.31. The molecule has 0 saturated heterocycles. The van der Waals surface area contributed by atoms with Gasteiger partial charge in [-0.2, -0.15) is 0 Å². The van der Waals surface area contributed by atoms with Gasteiger partial charge in [0, 0.05) is 8.41 Å². The van der Waals surface area contributed by atoms with Gasteiger partial charge in [-0.1, -0.05) is 6.08 Å². The Morgan fingerprint density at radius 1 is 1.75 bits per heavy atom. The highest BCUT2D eigenvalue weighted by Crippen LogP contribution is 1.38. The Morgan fingerprint density at radius 2 is 1.75 bits per heavy atom. The molecule has 0 unspecified atom stereocenters. The molecule has 0 atom stereocenters. The first-order valence-electron chi connectivity index (χ1n) is 0.986. The van der Waals surface area contributed by atoms with Gasteiger partial charge in [0.1, 0.15) is 0 Å². The van der Waals surface area contributed by atoms with Gasteiger partial charge >= 0.3 is 0 Å². The molecule has 0 bridgehead atoms. The van der Waals surface area contributed by atoms with Crippen LogP contribution >= 0.6 is 0 Å². The third-order valence-electron chi connectivity index (χ3n) is 0. The second-order valence-electron chi connectivity index (χ2n) is 0.408. The van der Waals surface area contributed by atoms with Crippen LogP contribution < -0.4 is 0 Å². The molecule has 4 heavy (non-hydrogen) atoms. The van der Waals surface area contributed by atoms with E-state index in [9.17, 15) is 0 Å². The molecular weight excluding hydrogens is 46.8 g/mol. The fourth-order valence-electron chi connectivity index (χ4n) is 0. The Balaban J connectivity index is 0. The lowest BCUT2D eigenvalue weighted by atomic mass is 10.8. The van der Waals surface area contributed by atoms with Gasteiger partial charge in [-0.25, -0.2) is 0 Å². The third kappa shape index (κ3) is 30.7. The molecule has 0 aromatic rings. The van der Waals surface area contributed by atoms with E-state index in [0.717, 1.165) is 0 Å². The van der Waals surface area contributed by atoms with E-state index in [1.165, 1.54) is 0 Å². The molecule has 0 N–H and O–H groups in total. The molecule has 0 aromatic heterocycles. The molecule has 0 nitrogen and oxygen atoms in total. The zero-order valence-electron chi connectivity index (χ0n) is 2.86. The van der Waals surface area contributed by atoms with Gasteiger partial charge in [0.25, 0.3) is 0 Å². The maximum atomic E-state index is 3.36. The fourth-order valence-corrected chi connectivity index (χ4v) is 0. The van der Waals surface area contributed by atoms with E-state index in [2.05, 4.69) is 6.58 Å². The fraction of sp³-hybridized carbons (Fsp3) is 0.333. The van der Waals surface area contributed by atoms with E-state index in [0.29, 0.717) is 0 Å². The van der Waals surface area contributed by atoms with Crippen molar-refractivity contribution in [1.29, 1.82) is 0 Å². The third-order valence-corrected chi connectivity index (χ3v) is 0. The molecule has 0 saturated carbocycles. The highest BCUT2D eigenvalue weighted by atomic mass is 13.2. The van der Waals surface area contributed by atoms with Crippen LogP contribution in [-0.2, 0) is 0 Å². The molecule has 3 radical (unpaired) electrons. The van der Waals surface area contributed by atoms with Gasteiger partial charge in [-0.15, -0.1) is 6.58 Å². The summed E-state index contributed by atoms with van der Waals surface area (Å²) >= 11 is 0. The zero-order valence-corrected chi connectivity index (χ0v) is 2.86. The summed E-state index contributed by atoms with van der Waals surface area (Å²) in [7, 11) is 0. The van der Waals surface area contributed by atoms with Crippen LogP contribution in [-0.4, -0.2) is 8.41 Å². The standard InChI is InChI=1S/C3H6.B/c1-3-2;/h3H,1H2,2H3;. The van der Waals surface area contributed by atoms with E-state index < -0.39 is 0 Å². The van der Waals surface area contributed by atoms with Gasteiger partial charge in [-0.05, 0) is 6.92 Å². The first-order chi connectivity index (χ1) is 1.41. The van der Waals surface area contributed by atoms with Crippen molar-refractivity contribution < 1.29 is 0 Å². The molecule has 1 heteroatoms. The van der Waals surface area contributed by atoms with E-state index >= 15 is 0 Å². The van der Waals surface area contributed by atoms with Gasteiger partial charge in [0.2, 0.25) is 0 Å². The summed E-state index contributed by atoms with van der Waals surface area (Å²) in [6.45, 7) is 5.25. The van der Waals surface area contributed by atoms with Crippen molar-refractivity contribution >= 4 is 8.41 Å². The van der Waals surface area contributed by atoms with Crippen LogP contribution in [0.25, 0.3) is 0 Å². The summed E-state index contributed by atoms with van der Waals surface area (Å²) in [6, 6.07) is 0. The van der Waals surface area contributed by atoms with Crippen molar-refractivity contribution in [2.75, 3.05) is 0 Å². The van der Waals surface area contributed by atoms with Crippen LogP contribution in [0.4, 0.5) is 0 Å². The Hall–Kier alpha value is -0.195. The largest absolute Gasteiger partial charge is 0.103 e.